The number of carbonyl (C=O) groups excluding carboxylic acids is 2. The van der Waals surface area contributed by atoms with Crippen LogP contribution in [0.5, 0.6) is 0 Å². The van der Waals surface area contributed by atoms with E-state index in [2.05, 4.69) is 16.9 Å². The van der Waals surface area contributed by atoms with E-state index in [1.54, 1.807) is 12.2 Å². The van der Waals surface area contributed by atoms with Crippen molar-refractivity contribution in [2.45, 2.75) is 57.9 Å². The summed E-state index contributed by atoms with van der Waals surface area (Å²) in [7, 11) is 0. The lowest BCUT2D eigenvalue weighted by atomic mass is 9.76. The second kappa shape index (κ2) is 8.79. The van der Waals surface area contributed by atoms with Gasteiger partial charge in [-0.15, -0.1) is 0 Å². The van der Waals surface area contributed by atoms with Gasteiger partial charge in [-0.3, -0.25) is 0 Å². The van der Waals surface area contributed by atoms with Crippen LogP contribution in [-0.2, 0) is 9.59 Å². The van der Waals surface area contributed by atoms with Crippen molar-refractivity contribution >= 4 is 12.2 Å². The zero-order valence-corrected chi connectivity index (χ0v) is 11.1. The Morgan fingerprint density at radius 1 is 1.17 bits per heavy atom. The van der Waals surface area contributed by atoms with E-state index in [0.29, 0.717) is 18.4 Å². The second-order valence-corrected chi connectivity index (χ2v) is 5.15. The Kier molecular flexibility index (Phi) is 7.24. The highest BCUT2D eigenvalue weighted by molar-refractivity contribution is 5.34. The summed E-state index contributed by atoms with van der Waals surface area (Å²) in [5.41, 5.74) is 0. The highest BCUT2D eigenvalue weighted by Gasteiger charge is 2.29. The molecular formula is C14H22N2O2. The lowest BCUT2D eigenvalue weighted by Gasteiger charge is -2.32. The van der Waals surface area contributed by atoms with Gasteiger partial charge in [-0.25, -0.2) is 19.6 Å². The molecule has 1 aliphatic rings. The van der Waals surface area contributed by atoms with Crippen LogP contribution in [-0.4, -0.2) is 24.7 Å². The van der Waals surface area contributed by atoms with E-state index in [0.717, 1.165) is 25.7 Å². The predicted octanol–water partition coefficient (Wildman–Crippen LogP) is 3.02. The molecule has 0 aromatic rings. The summed E-state index contributed by atoms with van der Waals surface area (Å²) in [6, 6.07) is 0.0833. The summed E-state index contributed by atoms with van der Waals surface area (Å²) in [4.78, 5) is 28.2. The van der Waals surface area contributed by atoms with Crippen molar-refractivity contribution in [3.8, 4) is 0 Å². The van der Waals surface area contributed by atoms with Crippen molar-refractivity contribution in [2.75, 3.05) is 6.54 Å². The Balaban J connectivity index is 2.49. The van der Waals surface area contributed by atoms with E-state index in [4.69, 9.17) is 0 Å². The van der Waals surface area contributed by atoms with Crippen molar-refractivity contribution in [1.29, 1.82) is 0 Å². The Bertz CT molecular complexity index is 331. The van der Waals surface area contributed by atoms with Gasteiger partial charge >= 0.3 is 0 Å². The SMILES string of the molecule is CCCCCC1CCC(CN=C=O)CC1N=C=O. The van der Waals surface area contributed by atoms with Gasteiger partial charge in [0.05, 0.1) is 12.6 Å². The first kappa shape index (κ1) is 14.8. The minimum atomic E-state index is 0.0833. The van der Waals surface area contributed by atoms with Crippen LogP contribution in [0.1, 0.15) is 51.9 Å². The van der Waals surface area contributed by atoms with Gasteiger partial charge in [0.25, 0.3) is 0 Å². The molecule has 0 aliphatic heterocycles. The number of unbranched alkanes of at least 4 members (excludes halogenated alkanes) is 2. The molecule has 0 N–H and O–H groups in total. The molecule has 18 heavy (non-hydrogen) atoms. The van der Waals surface area contributed by atoms with Gasteiger partial charge in [0.15, 0.2) is 0 Å². The fourth-order valence-corrected chi connectivity index (χ4v) is 2.85. The van der Waals surface area contributed by atoms with Crippen LogP contribution >= 0.6 is 0 Å². The van der Waals surface area contributed by atoms with Gasteiger partial charge in [-0.1, -0.05) is 26.2 Å². The summed E-state index contributed by atoms with van der Waals surface area (Å²) in [6.07, 6.45) is 11.1. The standard InChI is InChI=1S/C14H22N2O2/c1-2-3-4-5-13-7-6-12(9-15-10-17)8-14(13)16-11-18/h12-14H,2-9H2,1H3. The third-order valence-corrected chi connectivity index (χ3v) is 3.88. The normalized spacial score (nSPS) is 27.1. The average molecular weight is 250 g/mol. The van der Waals surface area contributed by atoms with Crippen molar-refractivity contribution in [2.24, 2.45) is 21.8 Å². The number of hydrogen-bond acceptors (Lipinski definition) is 4. The van der Waals surface area contributed by atoms with E-state index in [1.165, 1.54) is 19.3 Å². The maximum Gasteiger partial charge on any atom is 0.235 e. The lowest BCUT2D eigenvalue weighted by Crippen LogP contribution is -2.29. The molecule has 0 bridgehead atoms. The summed E-state index contributed by atoms with van der Waals surface area (Å²) >= 11 is 0. The monoisotopic (exact) mass is 250 g/mol. The predicted molar refractivity (Wildman–Crippen MR) is 69.9 cm³/mol. The summed E-state index contributed by atoms with van der Waals surface area (Å²) < 4.78 is 0. The van der Waals surface area contributed by atoms with E-state index >= 15 is 0 Å². The van der Waals surface area contributed by atoms with Crippen molar-refractivity contribution in [1.82, 2.24) is 0 Å². The van der Waals surface area contributed by atoms with Gasteiger partial charge in [-0.2, -0.15) is 0 Å². The maximum absolute atomic E-state index is 10.5. The van der Waals surface area contributed by atoms with Gasteiger partial charge in [-0.05, 0) is 37.5 Å². The number of isocyanates is 2. The Morgan fingerprint density at radius 2 is 2.00 bits per heavy atom. The molecule has 100 valence electrons. The van der Waals surface area contributed by atoms with Gasteiger partial charge in [0.2, 0.25) is 12.2 Å². The fourth-order valence-electron chi connectivity index (χ4n) is 2.85. The number of rotatable bonds is 7. The topological polar surface area (TPSA) is 58.9 Å². The van der Waals surface area contributed by atoms with E-state index in [9.17, 15) is 9.59 Å². The van der Waals surface area contributed by atoms with Crippen LogP contribution in [0.15, 0.2) is 9.98 Å². The van der Waals surface area contributed by atoms with Crippen molar-refractivity contribution < 1.29 is 9.59 Å². The minimum absolute atomic E-state index is 0.0833. The molecule has 0 spiro atoms. The summed E-state index contributed by atoms with van der Waals surface area (Å²) in [6.45, 7) is 2.71. The quantitative estimate of drug-likeness (QED) is 0.396. The molecule has 1 aliphatic carbocycles. The molecule has 0 saturated heterocycles. The molecule has 1 saturated carbocycles. The molecule has 3 atom stereocenters. The van der Waals surface area contributed by atoms with Crippen LogP contribution in [0.25, 0.3) is 0 Å². The molecule has 0 heterocycles. The molecule has 1 rings (SSSR count). The van der Waals surface area contributed by atoms with E-state index in [-0.39, 0.29) is 6.04 Å². The first-order chi connectivity index (χ1) is 8.81. The first-order valence-corrected chi connectivity index (χ1v) is 6.92. The van der Waals surface area contributed by atoms with E-state index in [1.807, 2.05) is 0 Å². The maximum atomic E-state index is 10.5. The third-order valence-electron chi connectivity index (χ3n) is 3.88. The fraction of sp³-hybridized carbons (Fsp3) is 0.857. The molecule has 0 amide bonds. The molecule has 0 aromatic heterocycles. The second-order valence-electron chi connectivity index (χ2n) is 5.15. The van der Waals surface area contributed by atoms with Crippen LogP contribution in [0.4, 0.5) is 0 Å². The highest BCUT2D eigenvalue weighted by atomic mass is 16.1. The van der Waals surface area contributed by atoms with Gasteiger partial charge in [0.1, 0.15) is 0 Å². The van der Waals surface area contributed by atoms with E-state index < -0.39 is 0 Å². The molecule has 1 fully saturated rings. The summed E-state index contributed by atoms with van der Waals surface area (Å²) in [5.74, 6) is 0.880. The molecular weight excluding hydrogens is 228 g/mol. The zero-order chi connectivity index (χ0) is 13.2. The average Bonchev–Trinajstić information content (AvgIpc) is 2.39. The number of hydrogen-bond donors (Lipinski definition) is 0. The molecule has 4 heteroatoms. The summed E-state index contributed by atoms with van der Waals surface area (Å²) in [5, 5.41) is 0. The van der Waals surface area contributed by atoms with Crippen LogP contribution < -0.4 is 0 Å². The molecule has 0 aromatic carbocycles. The Labute approximate surface area is 109 Å². The Morgan fingerprint density at radius 3 is 2.67 bits per heavy atom. The molecule has 4 nitrogen and oxygen atoms in total. The highest BCUT2D eigenvalue weighted by Crippen LogP contribution is 2.34. The number of aliphatic imine (C=N–C) groups is 2. The molecule has 0 radical (unpaired) electrons. The largest absolute Gasteiger partial charge is 0.235 e. The number of nitrogens with zero attached hydrogens (tertiary/aromatic N) is 2. The smallest absolute Gasteiger partial charge is 0.211 e. The lowest BCUT2D eigenvalue weighted by molar-refractivity contribution is 0.228. The Hall–Kier alpha value is -1.24. The third kappa shape index (κ3) is 4.95. The van der Waals surface area contributed by atoms with Crippen molar-refractivity contribution in [3.63, 3.8) is 0 Å². The van der Waals surface area contributed by atoms with Crippen LogP contribution in [0.3, 0.4) is 0 Å². The van der Waals surface area contributed by atoms with Crippen LogP contribution in [0.2, 0.25) is 0 Å². The van der Waals surface area contributed by atoms with Gasteiger partial charge < -0.3 is 0 Å². The first-order valence-electron chi connectivity index (χ1n) is 6.92. The van der Waals surface area contributed by atoms with Gasteiger partial charge in [0, 0.05) is 0 Å². The van der Waals surface area contributed by atoms with Crippen molar-refractivity contribution in [3.05, 3.63) is 0 Å². The van der Waals surface area contributed by atoms with Crippen LogP contribution in [0, 0.1) is 11.8 Å². The minimum Gasteiger partial charge on any atom is -0.211 e. The molecule has 3 unspecified atom stereocenters. The zero-order valence-electron chi connectivity index (χ0n) is 11.1.